The average Bonchev–Trinajstić information content (AvgIpc) is 2.61. The van der Waals surface area contributed by atoms with Gasteiger partial charge in [0.15, 0.2) is 5.76 Å². The van der Waals surface area contributed by atoms with Crippen LogP contribution in [0.15, 0.2) is 34.9 Å². The zero-order chi connectivity index (χ0) is 11.5. The first-order valence-corrected chi connectivity index (χ1v) is 5.41. The third-order valence-corrected chi connectivity index (χ3v) is 2.42. The molecule has 1 N–H and O–H groups in total. The molecule has 1 aromatic carbocycles. The van der Waals surface area contributed by atoms with Gasteiger partial charge in [0, 0.05) is 5.56 Å². The van der Waals surface area contributed by atoms with Gasteiger partial charge in [-0.1, -0.05) is 44.2 Å². The lowest BCUT2D eigenvalue weighted by Gasteiger charge is -2.04. The van der Waals surface area contributed by atoms with Gasteiger partial charge in [0.05, 0.1) is 5.56 Å². The summed E-state index contributed by atoms with van der Waals surface area (Å²) in [6, 6.07) is 9.72. The van der Waals surface area contributed by atoms with Crippen molar-refractivity contribution in [2.75, 3.05) is 0 Å². The fraction of sp³-hybridized carbons (Fsp3) is 0.308. The molecule has 2 aromatic rings. The predicted molar refractivity (Wildman–Crippen MR) is 62.1 cm³/mol. The number of hydrogen-bond acceptors (Lipinski definition) is 3. The largest absolute Gasteiger partial charge is 0.491 e. The molecule has 0 saturated carbocycles. The van der Waals surface area contributed by atoms with Gasteiger partial charge in [0.2, 0.25) is 0 Å². The summed E-state index contributed by atoms with van der Waals surface area (Å²) in [5.74, 6) is 1.13. The molecule has 3 nitrogen and oxygen atoms in total. The summed E-state index contributed by atoms with van der Waals surface area (Å²) in [6.07, 6.45) is 0.763. The van der Waals surface area contributed by atoms with E-state index in [4.69, 9.17) is 4.52 Å². The van der Waals surface area contributed by atoms with E-state index in [1.807, 2.05) is 30.3 Å². The molecule has 84 valence electrons. The van der Waals surface area contributed by atoms with Gasteiger partial charge in [-0.2, -0.15) is 0 Å². The minimum Gasteiger partial charge on any atom is -0.491 e. The molecule has 16 heavy (non-hydrogen) atoms. The van der Waals surface area contributed by atoms with Crippen molar-refractivity contribution < 1.29 is 9.63 Å². The van der Waals surface area contributed by atoms with Crippen molar-refractivity contribution in [3.63, 3.8) is 0 Å². The molecule has 0 aliphatic heterocycles. The molecule has 0 amide bonds. The topological polar surface area (TPSA) is 46.3 Å². The number of hydrogen-bond donors (Lipinski definition) is 1. The van der Waals surface area contributed by atoms with E-state index in [1.165, 1.54) is 0 Å². The van der Waals surface area contributed by atoms with Crippen LogP contribution in [0.2, 0.25) is 0 Å². The van der Waals surface area contributed by atoms with Crippen LogP contribution < -0.4 is 0 Å². The van der Waals surface area contributed by atoms with Gasteiger partial charge in [0.1, 0.15) is 0 Å². The molecule has 2 rings (SSSR count). The third kappa shape index (κ3) is 2.08. The van der Waals surface area contributed by atoms with Gasteiger partial charge in [-0.3, -0.25) is 0 Å². The Morgan fingerprint density at radius 1 is 1.25 bits per heavy atom. The molecule has 1 aromatic heterocycles. The second-order valence-electron chi connectivity index (χ2n) is 4.28. The number of nitrogens with zero attached hydrogens (tertiary/aromatic N) is 1. The quantitative estimate of drug-likeness (QED) is 0.858. The molecule has 1 heterocycles. The average molecular weight is 217 g/mol. The molecular formula is C13H15NO2. The normalized spacial score (nSPS) is 10.9. The first-order valence-electron chi connectivity index (χ1n) is 5.41. The molecule has 0 radical (unpaired) electrons. The van der Waals surface area contributed by atoms with E-state index in [2.05, 4.69) is 19.0 Å². The molecule has 0 saturated heterocycles. The third-order valence-electron chi connectivity index (χ3n) is 2.42. The Bertz CT molecular complexity index is 460. The van der Waals surface area contributed by atoms with Gasteiger partial charge in [0.25, 0.3) is 5.88 Å². The summed E-state index contributed by atoms with van der Waals surface area (Å²) >= 11 is 0. The minimum absolute atomic E-state index is 0.00699. The second kappa shape index (κ2) is 4.39. The van der Waals surface area contributed by atoms with Crippen LogP contribution in [0.3, 0.4) is 0 Å². The van der Waals surface area contributed by atoms with E-state index in [0.29, 0.717) is 11.7 Å². The zero-order valence-electron chi connectivity index (χ0n) is 9.47. The summed E-state index contributed by atoms with van der Waals surface area (Å²) in [5, 5.41) is 13.3. The van der Waals surface area contributed by atoms with Crippen molar-refractivity contribution in [1.29, 1.82) is 0 Å². The lowest BCUT2D eigenvalue weighted by Crippen LogP contribution is -1.94. The van der Waals surface area contributed by atoms with Crippen molar-refractivity contribution in [3.05, 3.63) is 35.9 Å². The highest BCUT2D eigenvalue weighted by atomic mass is 16.5. The maximum Gasteiger partial charge on any atom is 0.255 e. The zero-order valence-corrected chi connectivity index (χ0v) is 9.47. The fourth-order valence-corrected chi connectivity index (χ4v) is 1.71. The standard InChI is InChI=1S/C13H15NO2/c1-9(2)8-11-12(16-14-13(11)15)10-6-4-3-5-7-10/h3-7,9H,8H2,1-2H3,(H,14,15). The van der Waals surface area contributed by atoms with Crippen LogP contribution in [0.1, 0.15) is 19.4 Å². The van der Waals surface area contributed by atoms with Crippen LogP contribution in [0, 0.1) is 5.92 Å². The van der Waals surface area contributed by atoms with Crippen LogP contribution in [0.5, 0.6) is 5.88 Å². The van der Waals surface area contributed by atoms with Gasteiger partial charge >= 0.3 is 0 Å². The molecule has 0 spiro atoms. The Morgan fingerprint density at radius 2 is 1.94 bits per heavy atom. The number of rotatable bonds is 3. The Hall–Kier alpha value is -1.77. The van der Waals surface area contributed by atoms with Gasteiger partial charge in [-0.25, -0.2) is 0 Å². The number of aromatic nitrogens is 1. The molecule has 0 unspecified atom stereocenters. The van der Waals surface area contributed by atoms with Gasteiger partial charge in [-0.05, 0) is 17.5 Å². The molecule has 0 fully saturated rings. The highest BCUT2D eigenvalue weighted by Gasteiger charge is 2.17. The van der Waals surface area contributed by atoms with Crippen molar-refractivity contribution in [1.82, 2.24) is 5.16 Å². The van der Waals surface area contributed by atoms with Crippen molar-refractivity contribution in [2.24, 2.45) is 5.92 Å². The van der Waals surface area contributed by atoms with Crippen molar-refractivity contribution >= 4 is 0 Å². The van der Waals surface area contributed by atoms with E-state index in [-0.39, 0.29) is 5.88 Å². The van der Waals surface area contributed by atoms with Crippen LogP contribution >= 0.6 is 0 Å². The Morgan fingerprint density at radius 3 is 2.56 bits per heavy atom. The Labute approximate surface area is 94.7 Å². The summed E-state index contributed by atoms with van der Waals surface area (Å²) < 4.78 is 5.18. The van der Waals surface area contributed by atoms with Crippen LogP contribution in [-0.4, -0.2) is 10.3 Å². The van der Waals surface area contributed by atoms with Crippen LogP contribution in [0.4, 0.5) is 0 Å². The van der Waals surface area contributed by atoms with Crippen molar-refractivity contribution in [3.8, 4) is 17.2 Å². The van der Waals surface area contributed by atoms with E-state index >= 15 is 0 Å². The van der Waals surface area contributed by atoms with Crippen molar-refractivity contribution in [2.45, 2.75) is 20.3 Å². The number of aromatic hydroxyl groups is 1. The van der Waals surface area contributed by atoms with E-state index in [1.54, 1.807) is 0 Å². The predicted octanol–water partition coefficient (Wildman–Crippen LogP) is 3.25. The fourth-order valence-electron chi connectivity index (χ4n) is 1.71. The summed E-state index contributed by atoms with van der Waals surface area (Å²) in [6.45, 7) is 4.20. The monoisotopic (exact) mass is 217 g/mol. The maximum absolute atomic E-state index is 9.64. The summed E-state index contributed by atoms with van der Waals surface area (Å²) in [4.78, 5) is 0. The highest BCUT2D eigenvalue weighted by Crippen LogP contribution is 2.31. The second-order valence-corrected chi connectivity index (χ2v) is 4.28. The first kappa shape index (κ1) is 10.7. The Balaban J connectivity index is 2.42. The van der Waals surface area contributed by atoms with Gasteiger partial charge < -0.3 is 9.63 Å². The lowest BCUT2D eigenvalue weighted by molar-refractivity contribution is 0.364. The Kier molecular flexibility index (Phi) is 2.95. The molecule has 0 aliphatic rings. The van der Waals surface area contributed by atoms with Gasteiger partial charge in [-0.15, -0.1) is 0 Å². The summed E-state index contributed by atoms with van der Waals surface area (Å²) in [7, 11) is 0. The molecule has 0 atom stereocenters. The first-order chi connectivity index (χ1) is 7.68. The SMILES string of the molecule is CC(C)Cc1c(O)noc1-c1ccccc1. The minimum atomic E-state index is 0.00699. The number of benzene rings is 1. The molecule has 3 heteroatoms. The van der Waals surface area contributed by atoms with Crippen LogP contribution in [0.25, 0.3) is 11.3 Å². The maximum atomic E-state index is 9.64. The molecular weight excluding hydrogens is 202 g/mol. The van der Waals surface area contributed by atoms with E-state index < -0.39 is 0 Å². The molecule has 0 bridgehead atoms. The smallest absolute Gasteiger partial charge is 0.255 e. The highest BCUT2D eigenvalue weighted by molar-refractivity contribution is 5.62. The van der Waals surface area contributed by atoms with E-state index in [9.17, 15) is 5.11 Å². The molecule has 0 aliphatic carbocycles. The van der Waals surface area contributed by atoms with E-state index in [0.717, 1.165) is 17.5 Å². The van der Waals surface area contributed by atoms with Crippen LogP contribution in [-0.2, 0) is 6.42 Å². The summed E-state index contributed by atoms with van der Waals surface area (Å²) in [5.41, 5.74) is 1.74. The lowest BCUT2D eigenvalue weighted by atomic mass is 10.0.